The second-order valence-electron chi connectivity index (χ2n) is 5.64. The van der Waals surface area contributed by atoms with Gasteiger partial charge in [0, 0.05) is 25.8 Å². The Morgan fingerprint density at radius 1 is 1.32 bits per heavy atom. The van der Waals surface area contributed by atoms with E-state index in [9.17, 15) is 0 Å². The van der Waals surface area contributed by atoms with Crippen LogP contribution in [-0.4, -0.2) is 25.1 Å². The number of nitrogens with one attached hydrogen (secondary N) is 1. The molecule has 3 nitrogen and oxygen atoms in total. The number of nitrogens with zero attached hydrogens (tertiary/aromatic N) is 2. The number of hydrogen-bond acceptors (Lipinski definition) is 3. The highest BCUT2D eigenvalue weighted by Gasteiger charge is 2.19. The van der Waals surface area contributed by atoms with Gasteiger partial charge in [-0.05, 0) is 49.4 Å². The fraction of sp³-hybridized carbons (Fsp3) is 0.688. The van der Waals surface area contributed by atoms with Crippen LogP contribution in [0, 0.1) is 5.92 Å². The molecule has 3 heteroatoms. The topological polar surface area (TPSA) is 28.2 Å². The minimum atomic E-state index is 0.884. The minimum Gasteiger partial charge on any atom is -0.359 e. The molecule has 1 aromatic heterocycles. The van der Waals surface area contributed by atoms with Gasteiger partial charge >= 0.3 is 0 Å². The molecule has 1 aliphatic carbocycles. The highest BCUT2D eigenvalue weighted by molar-refractivity contribution is 5.42. The van der Waals surface area contributed by atoms with Gasteiger partial charge in [-0.15, -0.1) is 0 Å². The van der Waals surface area contributed by atoms with E-state index < -0.39 is 0 Å². The third-order valence-corrected chi connectivity index (χ3v) is 4.01. The molecule has 1 fully saturated rings. The van der Waals surface area contributed by atoms with Crippen molar-refractivity contribution in [3.63, 3.8) is 0 Å². The number of rotatable bonds is 7. The lowest BCUT2D eigenvalue weighted by molar-refractivity contribution is 0.321. The predicted octanol–water partition coefficient (Wildman–Crippen LogP) is 2.99. The number of hydrogen-bond donors (Lipinski definition) is 1. The molecule has 1 aliphatic rings. The molecule has 19 heavy (non-hydrogen) atoms. The molecule has 0 bridgehead atoms. The van der Waals surface area contributed by atoms with Crippen LogP contribution < -0.4 is 10.2 Å². The summed E-state index contributed by atoms with van der Waals surface area (Å²) in [6.45, 7) is 7.43. The summed E-state index contributed by atoms with van der Waals surface area (Å²) in [5, 5.41) is 3.40. The zero-order valence-electron chi connectivity index (χ0n) is 12.6. The molecule has 1 saturated carbocycles. The smallest absolute Gasteiger partial charge is 0.128 e. The molecule has 1 N–H and O–H groups in total. The zero-order chi connectivity index (χ0) is 13.7. The third kappa shape index (κ3) is 3.93. The molecule has 0 amide bonds. The Kier molecular flexibility index (Phi) is 5.20. The fourth-order valence-electron chi connectivity index (χ4n) is 2.54. The molecule has 0 atom stereocenters. The van der Waals surface area contributed by atoms with E-state index in [0.29, 0.717) is 0 Å². The lowest BCUT2D eigenvalue weighted by atomic mass is 9.85. The van der Waals surface area contributed by atoms with Crippen molar-refractivity contribution in [3.05, 3.63) is 23.4 Å². The van der Waals surface area contributed by atoms with Gasteiger partial charge in [-0.1, -0.05) is 20.3 Å². The molecule has 0 aliphatic heterocycles. The van der Waals surface area contributed by atoms with Gasteiger partial charge in [0.15, 0.2) is 0 Å². The number of aromatic nitrogens is 1. The van der Waals surface area contributed by atoms with E-state index in [4.69, 9.17) is 4.98 Å². The Bertz CT molecular complexity index is 399. The summed E-state index contributed by atoms with van der Waals surface area (Å²) in [5.41, 5.74) is 2.55. The van der Waals surface area contributed by atoms with Crippen molar-refractivity contribution < 1.29 is 0 Å². The van der Waals surface area contributed by atoms with Crippen LogP contribution in [-0.2, 0) is 13.0 Å². The quantitative estimate of drug-likeness (QED) is 0.818. The molecular weight excluding hydrogens is 234 g/mol. The average Bonchev–Trinajstić information content (AvgIpc) is 2.39. The van der Waals surface area contributed by atoms with Gasteiger partial charge in [0.05, 0.1) is 0 Å². The second kappa shape index (κ2) is 6.90. The maximum absolute atomic E-state index is 4.77. The molecule has 0 unspecified atom stereocenters. The van der Waals surface area contributed by atoms with Gasteiger partial charge < -0.3 is 10.2 Å². The standard InChI is InChI=1S/C16H27N3/c1-4-15-9-14(11-17-5-2)10-16(18-15)19(3)12-13-7-6-8-13/h9-10,13,17H,4-8,11-12H2,1-3H3. The van der Waals surface area contributed by atoms with Gasteiger partial charge in [-0.25, -0.2) is 4.98 Å². The van der Waals surface area contributed by atoms with E-state index in [0.717, 1.165) is 37.8 Å². The Morgan fingerprint density at radius 2 is 2.11 bits per heavy atom. The summed E-state index contributed by atoms with van der Waals surface area (Å²) in [7, 11) is 2.18. The largest absolute Gasteiger partial charge is 0.359 e. The molecular formula is C16H27N3. The van der Waals surface area contributed by atoms with Crippen molar-refractivity contribution in [1.29, 1.82) is 0 Å². The molecule has 1 heterocycles. The SMILES string of the molecule is CCNCc1cc(CC)nc(N(C)CC2CCC2)c1. The van der Waals surface area contributed by atoms with Crippen molar-refractivity contribution in [1.82, 2.24) is 10.3 Å². The van der Waals surface area contributed by atoms with Crippen LogP contribution in [0.25, 0.3) is 0 Å². The van der Waals surface area contributed by atoms with Gasteiger partial charge in [0.1, 0.15) is 5.82 Å². The molecule has 0 aromatic carbocycles. The first kappa shape index (κ1) is 14.3. The lowest BCUT2D eigenvalue weighted by Crippen LogP contribution is -2.30. The van der Waals surface area contributed by atoms with Gasteiger partial charge in [0.25, 0.3) is 0 Å². The van der Waals surface area contributed by atoms with Crippen LogP contribution in [0.4, 0.5) is 5.82 Å². The Morgan fingerprint density at radius 3 is 2.68 bits per heavy atom. The van der Waals surface area contributed by atoms with Crippen molar-refractivity contribution in [2.45, 2.75) is 46.1 Å². The van der Waals surface area contributed by atoms with E-state index in [1.165, 1.54) is 30.5 Å². The summed E-state index contributed by atoms with van der Waals surface area (Å²) in [6, 6.07) is 4.46. The minimum absolute atomic E-state index is 0.884. The first-order chi connectivity index (χ1) is 9.22. The van der Waals surface area contributed by atoms with E-state index >= 15 is 0 Å². The summed E-state index contributed by atoms with van der Waals surface area (Å²) in [4.78, 5) is 7.10. The number of aryl methyl sites for hydroxylation is 1. The van der Waals surface area contributed by atoms with Crippen LogP contribution in [0.3, 0.4) is 0 Å². The number of anilines is 1. The van der Waals surface area contributed by atoms with Crippen LogP contribution in [0.2, 0.25) is 0 Å². The van der Waals surface area contributed by atoms with Crippen LogP contribution in [0.1, 0.15) is 44.4 Å². The molecule has 1 aromatic rings. The first-order valence-corrected chi connectivity index (χ1v) is 7.64. The Balaban J connectivity index is 2.07. The fourth-order valence-corrected chi connectivity index (χ4v) is 2.54. The van der Waals surface area contributed by atoms with E-state index in [1.807, 2.05) is 0 Å². The molecule has 106 valence electrons. The number of pyridine rings is 1. The van der Waals surface area contributed by atoms with E-state index in [-0.39, 0.29) is 0 Å². The highest BCUT2D eigenvalue weighted by atomic mass is 15.2. The van der Waals surface area contributed by atoms with E-state index in [2.05, 4.69) is 43.2 Å². The molecule has 0 radical (unpaired) electrons. The van der Waals surface area contributed by atoms with Gasteiger partial charge in [0.2, 0.25) is 0 Å². The summed E-state index contributed by atoms with van der Waals surface area (Å²) >= 11 is 0. The van der Waals surface area contributed by atoms with Crippen molar-refractivity contribution in [2.75, 3.05) is 25.0 Å². The van der Waals surface area contributed by atoms with E-state index in [1.54, 1.807) is 0 Å². The first-order valence-electron chi connectivity index (χ1n) is 7.64. The Labute approximate surface area is 117 Å². The lowest BCUT2D eigenvalue weighted by Gasteiger charge is -2.31. The average molecular weight is 261 g/mol. The summed E-state index contributed by atoms with van der Waals surface area (Å²) < 4.78 is 0. The predicted molar refractivity (Wildman–Crippen MR) is 81.6 cm³/mol. The molecule has 0 saturated heterocycles. The summed E-state index contributed by atoms with van der Waals surface area (Å²) in [5.74, 6) is 2.02. The van der Waals surface area contributed by atoms with Gasteiger partial charge in [-0.3, -0.25) is 0 Å². The second-order valence-corrected chi connectivity index (χ2v) is 5.64. The molecule has 0 spiro atoms. The van der Waals surface area contributed by atoms with Gasteiger partial charge in [-0.2, -0.15) is 0 Å². The maximum atomic E-state index is 4.77. The monoisotopic (exact) mass is 261 g/mol. The third-order valence-electron chi connectivity index (χ3n) is 4.01. The summed E-state index contributed by atoms with van der Waals surface area (Å²) in [6.07, 6.45) is 5.20. The Hall–Kier alpha value is -1.09. The van der Waals surface area contributed by atoms with Crippen molar-refractivity contribution in [2.24, 2.45) is 5.92 Å². The van der Waals surface area contributed by atoms with Crippen molar-refractivity contribution >= 4 is 5.82 Å². The maximum Gasteiger partial charge on any atom is 0.128 e. The highest BCUT2D eigenvalue weighted by Crippen LogP contribution is 2.28. The zero-order valence-corrected chi connectivity index (χ0v) is 12.6. The van der Waals surface area contributed by atoms with Crippen molar-refractivity contribution in [3.8, 4) is 0 Å². The van der Waals surface area contributed by atoms with Crippen LogP contribution in [0.5, 0.6) is 0 Å². The normalized spacial score (nSPS) is 15.3. The molecule has 2 rings (SSSR count). The van der Waals surface area contributed by atoms with Crippen LogP contribution >= 0.6 is 0 Å². The van der Waals surface area contributed by atoms with Crippen LogP contribution in [0.15, 0.2) is 12.1 Å².